The molecule has 3 atom stereocenters. The van der Waals surface area contributed by atoms with Crippen LogP contribution in [0, 0.1) is 11.8 Å². The average molecular weight is 328 g/mol. The number of amides is 2. The van der Waals surface area contributed by atoms with Gasteiger partial charge in [-0.2, -0.15) is 0 Å². The number of nitrogens with zero attached hydrogens (tertiary/aromatic N) is 2. The van der Waals surface area contributed by atoms with Crippen molar-refractivity contribution in [2.45, 2.75) is 51.6 Å². The molecule has 0 aromatic heterocycles. The Balaban J connectivity index is 1.61. The molecule has 4 heteroatoms. The molecule has 2 amide bonds. The lowest BCUT2D eigenvalue weighted by atomic mass is 9.84. The molecule has 1 heterocycles. The van der Waals surface area contributed by atoms with E-state index in [1.807, 2.05) is 47.2 Å². The van der Waals surface area contributed by atoms with Gasteiger partial charge >= 0.3 is 0 Å². The second kappa shape index (κ2) is 7.37. The summed E-state index contributed by atoms with van der Waals surface area (Å²) in [6.45, 7) is 3.40. The van der Waals surface area contributed by atoms with Crippen LogP contribution in [0.5, 0.6) is 0 Å². The molecule has 1 aromatic rings. The molecule has 24 heavy (non-hydrogen) atoms. The van der Waals surface area contributed by atoms with Gasteiger partial charge in [0.1, 0.15) is 0 Å². The molecule has 2 fully saturated rings. The van der Waals surface area contributed by atoms with Crippen LogP contribution in [-0.4, -0.2) is 41.2 Å². The highest BCUT2D eigenvalue weighted by atomic mass is 16.2. The van der Waals surface area contributed by atoms with Gasteiger partial charge in [-0.15, -0.1) is 0 Å². The van der Waals surface area contributed by atoms with Crippen LogP contribution in [0.3, 0.4) is 0 Å². The molecule has 0 radical (unpaired) electrons. The smallest absolute Gasteiger partial charge is 0.227 e. The molecular weight excluding hydrogens is 300 g/mol. The van der Waals surface area contributed by atoms with Crippen LogP contribution in [0.25, 0.3) is 0 Å². The van der Waals surface area contributed by atoms with Crippen molar-refractivity contribution in [3.63, 3.8) is 0 Å². The van der Waals surface area contributed by atoms with Crippen LogP contribution in [0.15, 0.2) is 30.3 Å². The maximum atomic E-state index is 12.9. The predicted molar refractivity (Wildman–Crippen MR) is 94.2 cm³/mol. The summed E-state index contributed by atoms with van der Waals surface area (Å²) in [4.78, 5) is 29.0. The van der Waals surface area contributed by atoms with E-state index in [2.05, 4.69) is 6.92 Å². The molecule has 1 aromatic carbocycles. The van der Waals surface area contributed by atoms with E-state index >= 15 is 0 Å². The number of carbonyl (C=O) groups is 2. The Morgan fingerprint density at radius 2 is 1.92 bits per heavy atom. The molecule has 2 aliphatic rings. The summed E-state index contributed by atoms with van der Waals surface area (Å²) in [7, 11) is 1.93. The third-order valence-electron chi connectivity index (χ3n) is 5.69. The van der Waals surface area contributed by atoms with E-state index < -0.39 is 0 Å². The topological polar surface area (TPSA) is 40.6 Å². The van der Waals surface area contributed by atoms with Gasteiger partial charge < -0.3 is 9.80 Å². The molecule has 1 saturated heterocycles. The Bertz CT molecular complexity index is 587. The molecule has 130 valence electrons. The van der Waals surface area contributed by atoms with Gasteiger partial charge in [0.15, 0.2) is 0 Å². The third kappa shape index (κ3) is 3.63. The van der Waals surface area contributed by atoms with Crippen molar-refractivity contribution in [3.8, 4) is 0 Å². The van der Waals surface area contributed by atoms with Gasteiger partial charge in [-0.05, 0) is 24.3 Å². The van der Waals surface area contributed by atoms with E-state index in [0.717, 1.165) is 12.0 Å². The van der Waals surface area contributed by atoms with E-state index in [-0.39, 0.29) is 17.7 Å². The van der Waals surface area contributed by atoms with Crippen LogP contribution in [0.2, 0.25) is 0 Å². The van der Waals surface area contributed by atoms with Crippen molar-refractivity contribution in [1.29, 1.82) is 0 Å². The van der Waals surface area contributed by atoms with Gasteiger partial charge in [0.05, 0.1) is 5.92 Å². The molecule has 4 nitrogen and oxygen atoms in total. The molecule has 1 aliphatic carbocycles. The molecule has 1 saturated carbocycles. The van der Waals surface area contributed by atoms with Gasteiger partial charge in [0.25, 0.3) is 0 Å². The highest BCUT2D eigenvalue weighted by Gasteiger charge is 2.38. The summed E-state index contributed by atoms with van der Waals surface area (Å²) >= 11 is 0. The fourth-order valence-electron chi connectivity index (χ4n) is 4.22. The number of likely N-dealkylation sites (tertiary alicyclic amines) is 1. The van der Waals surface area contributed by atoms with Crippen LogP contribution in [0.4, 0.5) is 0 Å². The Kier molecular flexibility index (Phi) is 5.22. The number of benzene rings is 1. The monoisotopic (exact) mass is 328 g/mol. The van der Waals surface area contributed by atoms with Gasteiger partial charge in [-0.1, -0.05) is 50.1 Å². The Morgan fingerprint density at radius 3 is 2.62 bits per heavy atom. The van der Waals surface area contributed by atoms with Crippen molar-refractivity contribution < 1.29 is 9.59 Å². The second-order valence-corrected chi connectivity index (χ2v) is 7.44. The number of rotatable bonds is 4. The quantitative estimate of drug-likeness (QED) is 0.852. The highest BCUT2D eigenvalue weighted by Crippen LogP contribution is 2.30. The van der Waals surface area contributed by atoms with Crippen molar-refractivity contribution in [2.75, 3.05) is 13.6 Å². The zero-order valence-corrected chi connectivity index (χ0v) is 14.8. The molecule has 0 N–H and O–H groups in total. The van der Waals surface area contributed by atoms with Gasteiger partial charge in [-0.25, -0.2) is 0 Å². The van der Waals surface area contributed by atoms with Crippen LogP contribution in [-0.2, 0) is 16.1 Å². The lowest BCUT2D eigenvalue weighted by Gasteiger charge is -2.37. The SMILES string of the molecule is CC1CCCCC1N(C)C(=O)C1CC(=O)N(Cc2ccccc2)C1. The summed E-state index contributed by atoms with van der Waals surface area (Å²) in [6, 6.07) is 10.3. The first-order chi connectivity index (χ1) is 11.6. The summed E-state index contributed by atoms with van der Waals surface area (Å²) in [5.74, 6) is 0.630. The van der Waals surface area contributed by atoms with E-state index in [4.69, 9.17) is 0 Å². The largest absolute Gasteiger partial charge is 0.342 e. The first-order valence-corrected chi connectivity index (χ1v) is 9.14. The fourth-order valence-corrected chi connectivity index (χ4v) is 4.22. The maximum Gasteiger partial charge on any atom is 0.227 e. The summed E-state index contributed by atoms with van der Waals surface area (Å²) in [6.07, 6.45) is 5.13. The molecule has 3 rings (SSSR count). The number of hydrogen-bond acceptors (Lipinski definition) is 2. The van der Waals surface area contributed by atoms with Crippen LogP contribution >= 0.6 is 0 Å². The summed E-state index contributed by atoms with van der Waals surface area (Å²) < 4.78 is 0. The minimum atomic E-state index is -0.180. The van der Waals surface area contributed by atoms with E-state index in [9.17, 15) is 9.59 Å². The number of carbonyl (C=O) groups excluding carboxylic acids is 2. The lowest BCUT2D eigenvalue weighted by Crippen LogP contribution is -2.45. The van der Waals surface area contributed by atoms with Crippen molar-refractivity contribution in [3.05, 3.63) is 35.9 Å². The van der Waals surface area contributed by atoms with Crippen molar-refractivity contribution >= 4 is 11.8 Å². The molecular formula is C20H28N2O2. The summed E-state index contributed by atoms with van der Waals surface area (Å²) in [5.41, 5.74) is 1.12. The molecule has 0 bridgehead atoms. The van der Waals surface area contributed by atoms with E-state index in [1.165, 1.54) is 19.3 Å². The summed E-state index contributed by atoms with van der Waals surface area (Å²) in [5, 5.41) is 0. The average Bonchev–Trinajstić information content (AvgIpc) is 2.96. The Hall–Kier alpha value is -1.84. The van der Waals surface area contributed by atoms with Gasteiger partial charge in [0, 0.05) is 32.6 Å². The molecule has 1 aliphatic heterocycles. The standard InChI is InChI=1S/C20H28N2O2/c1-15-8-6-7-11-18(15)21(2)20(24)17-12-19(23)22(14-17)13-16-9-4-3-5-10-16/h3-5,9-10,15,17-18H,6-8,11-14H2,1-2H3. The fraction of sp³-hybridized carbons (Fsp3) is 0.600. The van der Waals surface area contributed by atoms with Crippen LogP contribution in [0.1, 0.15) is 44.6 Å². The first-order valence-electron chi connectivity index (χ1n) is 9.14. The van der Waals surface area contributed by atoms with E-state index in [0.29, 0.717) is 31.5 Å². The second-order valence-electron chi connectivity index (χ2n) is 7.44. The molecule has 0 spiro atoms. The minimum Gasteiger partial charge on any atom is -0.342 e. The van der Waals surface area contributed by atoms with Crippen LogP contribution < -0.4 is 0 Å². The molecule has 3 unspecified atom stereocenters. The zero-order valence-electron chi connectivity index (χ0n) is 14.8. The maximum absolute atomic E-state index is 12.9. The van der Waals surface area contributed by atoms with Gasteiger partial charge in [0.2, 0.25) is 11.8 Å². The Labute approximate surface area is 144 Å². The Morgan fingerprint density at radius 1 is 1.21 bits per heavy atom. The van der Waals surface area contributed by atoms with Gasteiger partial charge in [-0.3, -0.25) is 9.59 Å². The normalized spacial score (nSPS) is 27.3. The lowest BCUT2D eigenvalue weighted by molar-refractivity contribution is -0.138. The van der Waals surface area contributed by atoms with Crippen molar-refractivity contribution in [1.82, 2.24) is 9.80 Å². The van der Waals surface area contributed by atoms with E-state index in [1.54, 1.807) is 0 Å². The zero-order chi connectivity index (χ0) is 17.1. The first kappa shape index (κ1) is 17.0. The third-order valence-corrected chi connectivity index (χ3v) is 5.69. The minimum absolute atomic E-state index is 0.0993. The van der Waals surface area contributed by atoms with Crippen molar-refractivity contribution in [2.24, 2.45) is 11.8 Å². The predicted octanol–water partition coefficient (Wildman–Crippen LogP) is 3.07. The number of hydrogen-bond donors (Lipinski definition) is 0. The highest BCUT2D eigenvalue weighted by molar-refractivity contribution is 5.89.